The molecular formula is C27H34Cl2N6O3S. The maximum atomic E-state index is 13.3. The topological polar surface area (TPSA) is 119 Å². The highest BCUT2D eigenvalue weighted by molar-refractivity contribution is 7.13. The van der Waals surface area contributed by atoms with Gasteiger partial charge in [-0.2, -0.15) is 0 Å². The van der Waals surface area contributed by atoms with Gasteiger partial charge in [0.25, 0.3) is 11.8 Å². The lowest BCUT2D eigenvalue weighted by Crippen LogP contribution is -2.56. The highest BCUT2D eigenvalue weighted by Crippen LogP contribution is 2.28. The van der Waals surface area contributed by atoms with Crippen LogP contribution in [0, 0.1) is 5.92 Å². The van der Waals surface area contributed by atoms with Gasteiger partial charge in [-0.05, 0) is 64.4 Å². The van der Waals surface area contributed by atoms with E-state index in [1.54, 1.807) is 18.2 Å². The van der Waals surface area contributed by atoms with Gasteiger partial charge in [0.1, 0.15) is 5.69 Å². The molecule has 1 saturated carbocycles. The van der Waals surface area contributed by atoms with Gasteiger partial charge in [0.15, 0.2) is 5.01 Å². The molecule has 4 N–H and O–H groups in total. The first kappa shape index (κ1) is 29.3. The molecule has 0 radical (unpaired) electrons. The molecule has 39 heavy (non-hydrogen) atoms. The molecule has 1 fully saturated rings. The van der Waals surface area contributed by atoms with E-state index in [-0.39, 0.29) is 48.1 Å². The van der Waals surface area contributed by atoms with Gasteiger partial charge >= 0.3 is 0 Å². The third-order valence-electron chi connectivity index (χ3n) is 7.23. The van der Waals surface area contributed by atoms with Gasteiger partial charge in [0.05, 0.1) is 11.7 Å². The Balaban J connectivity index is 0.00000353. The summed E-state index contributed by atoms with van der Waals surface area (Å²) in [6.07, 6.45) is 2.46. The number of nitrogens with zero attached hydrogens (tertiary/aromatic N) is 2. The minimum absolute atomic E-state index is 0. The number of thiazole rings is 1. The van der Waals surface area contributed by atoms with E-state index in [0.29, 0.717) is 35.0 Å². The Bertz CT molecular complexity index is 1370. The van der Waals surface area contributed by atoms with E-state index < -0.39 is 6.04 Å². The molecule has 2 unspecified atom stereocenters. The summed E-state index contributed by atoms with van der Waals surface area (Å²) < 4.78 is 0. The summed E-state index contributed by atoms with van der Waals surface area (Å²) in [6.45, 7) is 5.58. The van der Waals surface area contributed by atoms with Crippen molar-refractivity contribution in [2.75, 3.05) is 13.6 Å². The number of carbonyl (C=O) groups is 3. The number of likely N-dealkylation sites (N-methyl/N-ethyl adjacent to an activating group) is 1. The fraction of sp³-hybridized carbons (Fsp3) is 0.481. The van der Waals surface area contributed by atoms with Crippen LogP contribution in [0.15, 0.2) is 24.3 Å². The van der Waals surface area contributed by atoms with Crippen LogP contribution in [0.2, 0.25) is 5.02 Å². The normalized spacial score (nSPS) is 21.2. The standard InChI is InChI=1S/C27H33ClN6O3S.ClH/c1-14(2)29-24(35)15-4-6-19(31-26(37)27-33-20-8-9-34(3)13-23(20)38-27)21(11-15)32-25(36)22-12-16-10-17(28)5-7-18(16)30-22;/h5,7,10,12,14-15,19,21,30H,4,6,8-9,11,13H2,1-3H3,(H,29,35)(H,31,37)(H,32,36);1H/t15-,19?,21?;/m0./s1. The second-order valence-electron chi connectivity index (χ2n) is 10.6. The molecule has 0 bridgehead atoms. The number of benzene rings is 1. The molecule has 2 aliphatic rings. The first-order valence-corrected chi connectivity index (χ1v) is 14.2. The second-order valence-corrected chi connectivity index (χ2v) is 12.1. The third-order valence-corrected chi connectivity index (χ3v) is 8.55. The highest BCUT2D eigenvalue weighted by atomic mass is 35.5. The molecule has 1 aliphatic heterocycles. The SMILES string of the molecule is CC(C)NC(=O)[C@H]1CCC(NC(=O)c2nc3c(s2)CN(C)CC3)C(NC(=O)c2cc3cc(Cl)ccc3[nH]2)C1.Cl. The Hall–Kier alpha value is -2.66. The van der Waals surface area contributed by atoms with Crippen LogP contribution in [0.5, 0.6) is 0 Å². The molecular weight excluding hydrogens is 559 g/mol. The first-order valence-electron chi connectivity index (χ1n) is 13.0. The summed E-state index contributed by atoms with van der Waals surface area (Å²) in [7, 11) is 2.06. The van der Waals surface area contributed by atoms with Crippen LogP contribution in [0.4, 0.5) is 0 Å². The number of aromatic amines is 1. The monoisotopic (exact) mass is 592 g/mol. The van der Waals surface area contributed by atoms with E-state index in [4.69, 9.17) is 11.6 Å². The lowest BCUT2D eigenvalue weighted by Gasteiger charge is -2.36. The van der Waals surface area contributed by atoms with Gasteiger partial charge in [-0.3, -0.25) is 14.4 Å². The Morgan fingerprint density at radius 2 is 1.90 bits per heavy atom. The number of rotatable bonds is 6. The molecule has 5 rings (SSSR count). The Morgan fingerprint density at radius 3 is 2.67 bits per heavy atom. The minimum Gasteiger partial charge on any atom is -0.354 e. The smallest absolute Gasteiger partial charge is 0.280 e. The summed E-state index contributed by atoms with van der Waals surface area (Å²) in [5, 5.41) is 11.1. The molecule has 2 aromatic heterocycles. The van der Waals surface area contributed by atoms with E-state index in [9.17, 15) is 14.4 Å². The van der Waals surface area contributed by atoms with Crippen molar-refractivity contribution < 1.29 is 14.4 Å². The molecule has 3 heterocycles. The van der Waals surface area contributed by atoms with Crippen molar-refractivity contribution >= 4 is 64.0 Å². The van der Waals surface area contributed by atoms with Crippen molar-refractivity contribution in [3.8, 4) is 0 Å². The zero-order valence-electron chi connectivity index (χ0n) is 22.2. The van der Waals surface area contributed by atoms with Crippen molar-refractivity contribution in [3.63, 3.8) is 0 Å². The summed E-state index contributed by atoms with van der Waals surface area (Å²) in [6, 6.07) is 6.44. The highest BCUT2D eigenvalue weighted by Gasteiger charge is 2.37. The maximum Gasteiger partial charge on any atom is 0.280 e. The molecule has 9 nitrogen and oxygen atoms in total. The van der Waals surface area contributed by atoms with Crippen LogP contribution in [0.1, 0.15) is 64.0 Å². The average molecular weight is 594 g/mol. The lowest BCUT2D eigenvalue weighted by atomic mass is 9.81. The number of halogens is 2. The molecule has 3 aromatic rings. The van der Waals surface area contributed by atoms with E-state index >= 15 is 0 Å². The van der Waals surface area contributed by atoms with E-state index in [1.807, 2.05) is 19.9 Å². The van der Waals surface area contributed by atoms with Gasteiger partial charge in [0, 0.05) is 58.3 Å². The van der Waals surface area contributed by atoms with Crippen LogP contribution >= 0.6 is 35.3 Å². The number of fused-ring (bicyclic) bond motifs is 2. The number of hydrogen-bond donors (Lipinski definition) is 4. The number of aromatic nitrogens is 2. The number of nitrogens with one attached hydrogen (secondary N) is 4. The van der Waals surface area contributed by atoms with Crippen LogP contribution < -0.4 is 16.0 Å². The molecule has 3 amide bonds. The molecule has 1 aliphatic carbocycles. The van der Waals surface area contributed by atoms with Crippen molar-refractivity contribution in [2.24, 2.45) is 5.92 Å². The van der Waals surface area contributed by atoms with Crippen molar-refractivity contribution in [1.29, 1.82) is 0 Å². The van der Waals surface area contributed by atoms with Gasteiger partial charge in [-0.15, -0.1) is 23.7 Å². The average Bonchev–Trinajstić information content (AvgIpc) is 3.48. The first-order chi connectivity index (χ1) is 18.2. The number of amides is 3. The van der Waals surface area contributed by atoms with E-state index in [2.05, 4.69) is 37.9 Å². The summed E-state index contributed by atoms with van der Waals surface area (Å²) >= 11 is 7.54. The molecule has 0 saturated heterocycles. The number of hydrogen-bond acceptors (Lipinski definition) is 6. The predicted octanol–water partition coefficient (Wildman–Crippen LogP) is 3.91. The maximum absolute atomic E-state index is 13.3. The summed E-state index contributed by atoms with van der Waals surface area (Å²) in [4.78, 5) is 50.4. The lowest BCUT2D eigenvalue weighted by molar-refractivity contribution is -0.126. The van der Waals surface area contributed by atoms with Crippen LogP contribution in [-0.4, -0.2) is 64.3 Å². The van der Waals surface area contributed by atoms with Crippen LogP contribution in [0.3, 0.4) is 0 Å². The Morgan fingerprint density at radius 1 is 1.13 bits per heavy atom. The van der Waals surface area contributed by atoms with Gasteiger partial charge in [-0.25, -0.2) is 4.98 Å². The van der Waals surface area contributed by atoms with Crippen LogP contribution in [0.25, 0.3) is 10.9 Å². The zero-order chi connectivity index (χ0) is 27.0. The van der Waals surface area contributed by atoms with Gasteiger partial charge in [-0.1, -0.05) is 11.6 Å². The van der Waals surface area contributed by atoms with Crippen LogP contribution in [-0.2, 0) is 17.8 Å². The largest absolute Gasteiger partial charge is 0.354 e. The third kappa shape index (κ3) is 6.74. The Labute approximate surface area is 242 Å². The Kier molecular flexibility index (Phi) is 9.21. The second kappa shape index (κ2) is 12.2. The number of H-pyrrole nitrogens is 1. The fourth-order valence-electron chi connectivity index (χ4n) is 5.27. The van der Waals surface area contributed by atoms with Crippen molar-refractivity contribution in [1.82, 2.24) is 30.8 Å². The van der Waals surface area contributed by atoms with E-state index in [1.165, 1.54) is 11.3 Å². The van der Waals surface area contributed by atoms with Crippen molar-refractivity contribution in [3.05, 3.63) is 50.6 Å². The molecule has 0 spiro atoms. The predicted molar refractivity (Wildman–Crippen MR) is 156 cm³/mol. The summed E-state index contributed by atoms with van der Waals surface area (Å²) in [5.74, 6) is -0.804. The minimum atomic E-state index is -0.418. The quantitative estimate of drug-likeness (QED) is 0.346. The summed E-state index contributed by atoms with van der Waals surface area (Å²) in [5.41, 5.74) is 2.20. The van der Waals surface area contributed by atoms with Crippen molar-refractivity contribution in [2.45, 2.75) is 64.2 Å². The van der Waals surface area contributed by atoms with Gasteiger partial charge in [0.2, 0.25) is 5.91 Å². The van der Waals surface area contributed by atoms with E-state index in [0.717, 1.165) is 41.0 Å². The van der Waals surface area contributed by atoms with Gasteiger partial charge < -0.3 is 25.8 Å². The molecule has 12 heteroatoms. The number of carbonyl (C=O) groups excluding carboxylic acids is 3. The molecule has 1 aromatic carbocycles. The fourth-order valence-corrected chi connectivity index (χ4v) is 6.54. The molecule has 3 atom stereocenters. The molecule has 210 valence electrons. The zero-order valence-corrected chi connectivity index (χ0v) is 24.6.